The zero-order valence-corrected chi connectivity index (χ0v) is 7.86. The third-order valence-electron chi connectivity index (χ3n) is 2.44. The second kappa shape index (κ2) is 4.66. The van der Waals surface area contributed by atoms with Gasteiger partial charge in [-0.15, -0.1) is 0 Å². The van der Waals surface area contributed by atoms with Gasteiger partial charge in [0.25, 0.3) is 0 Å². The van der Waals surface area contributed by atoms with Gasteiger partial charge in [-0.2, -0.15) is 13.2 Å². The summed E-state index contributed by atoms with van der Waals surface area (Å²) in [6.45, 7) is -1.21. The molecule has 0 spiro atoms. The SMILES string of the molecule is O=C(NCC(F)(F)F)C1CCCCC1. The van der Waals surface area contributed by atoms with Crippen LogP contribution in [-0.4, -0.2) is 18.6 Å². The van der Waals surface area contributed by atoms with Crippen LogP contribution in [-0.2, 0) is 4.79 Å². The first-order valence-corrected chi connectivity index (χ1v) is 4.83. The predicted octanol–water partition coefficient (Wildman–Crippen LogP) is 2.25. The first kappa shape index (κ1) is 11.3. The lowest BCUT2D eigenvalue weighted by Crippen LogP contribution is -2.38. The smallest absolute Gasteiger partial charge is 0.347 e. The molecule has 1 fully saturated rings. The molecule has 82 valence electrons. The zero-order chi connectivity index (χ0) is 10.6. The Hall–Kier alpha value is -0.740. The quantitative estimate of drug-likeness (QED) is 0.742. The Balaban J connectivity index is 2.27. The molecular formula is C9H14F3NO. The molecule has 1 N–H and O–H groups in total. The number of hydrogen-bond donors (Lipinski definition) is 1. The molecule has 1 saturated carbocycles. The monoisotopic (exact) mass is 209 g/mol. The number of nitrogens with one attached hydrogen (secondary N) is 1. The molecule has 0 bridgehead atoms. The Morgan fingerprint density at radius 2 is 1.79 bits per heavy atom. The van der Waals surface area contributed by atoms with Crippen LogP contribution in [0, 0.1) is 5.92 Å². The molecule has 1 aliphatic rings. The van der Waals surface area contributed by atoms with Crippen LogP contribution in [0.5, 0.6) is 0 Å². The van der Waals surface area contributed by atoms with Crippen LogP contribution in [0.3, 0.4) is 0 Å². The summed E-state index contributed by atoms with van der Waals surface area (Å²) < 4.78 is 35.3. The maximum absolute atomic E-state index is 11.8. The molecule has 0 heterocycles. The van der Waals surface area contributed by atoms with Crippen LogP contribution in [0.1, 0.15) is 32.1 Å². The molecule has 0 unspecified atom stereocenters. The van der Waals surface area contributed by atoms with E-state index in [1.807, 2.05) is 5.32 Å². The number of halogens is 3. The maximum atomic E-state index is 11.8. The average molecular weight is 209 g/mol. The molecule has 0 radical (unpaired) electrons. The van der Waals surface area contributed by atoms with Gasteiger partial charge in [0.15, 0.2) is 0 Å². The maximum Gasteiger partial charge on any atom is 0.405 e. The molecule has 0 aromatic rings. The Kier molecular flexibility index (Phi) is 3.77. The number of carbonyl (C=O) groups excluding carboxylic acids is 1. The lowest BCUT2D eigenvalue weighted by molar-refractivity contribution is -0.141. The van der Waals surface area contributed by atoms with Gasteiger partial charge in [0.1, 0.15) is 6.54 Å². The molecule has 1 rings (SSSR count). The van der Waals surface area contributed by atoms with Gasteiger partial charge in [-0.3, -0.25) is 4.79 Å². The molecule has 5 heteroatoms. The van der Waals surface area contributed by atoms with Gasteiger partial charge in [0.2, 0.25) is 5.91 Å². The van der Waals surface area contributed by atoms with Crippen LogP contribution in [0.4, 0.5) is 13.2 Å². The van der Waals surface area contributed by atoms with E-state index in [4.69, 9.17) is 0 Å². The number of carbonyl (C=O) groups is 1. The molecule has 0 aliphatic heterocycles. The van der Waals surface area contributed by atoms with Crippen molar-refractivity contribution in [2.45, 2.75) is 38.3 Å². The molecule has 14 heavy (non-hydrogen) atoms. The summed E-state index contributed by atoms with van der Waals surface area (Å²) >= 11 is 0. The second-order valence-corrected chi connectivity index (χ2v) is 3.67. The Morgan fingerprint density at radius 3 is 2.29 bits per heavy atom. The summed E-state index contributed by atoms with van der Waals surface area (Å²) in [5.41, 5.74) is 0. The molecule has 2 nitrogen and oxygen atoms in total. The fourth-order valence-electron chi connectivity index (χ4n) is 1.70. The van der Waals surface area contributed by atoms with Crippen molar-refractivity contribution >= 4 is 5.91 Å². The van der Waals surface area contributed by atoms with Crippen molar-refractivity contribution in [3.05, 3.63) is 0 Å². The van der Waals surface area contributed by atoms with Gasteiger partial charge in [0, 0.05) is 5.92 Å². The van der Waals surface area contributed by atoms with Gasteiger partial charge in [0.05, 0.1) is 0 Å². The fourth-order valence-corrected chi connectivity index (χ4v) is 1.70. The lowest BCUT2D eigenvalue weighted by atomic mass is 9.89. The molecule has 1 amide bonds. The lowest BCUT2D eigenvalue weighted by Gasteiger charge is -2.21. The summed E-state index contributed by atoms with van der Waals surface area (Å²) in [6.07, 6.45) is 0.134. The van der Waals surface area contributed by atoms with Crippen LogP contribution in [0.15, 0.2) is 0 Å². The van der Waals surface area contributed by atoms with Gasteiger partial charge < -0.3 is 5.32 Å². The van der Waals surface area contributed by atoms with Gasteiger partial charge in [-0.25, -0.2) is 0 Å². The van der Waals surface area contributed by atoms with E-state index in [9.17, 15) is 18.0 Å². The van der Waals surface area contributed by atoms with Crippen molar-refractivity contribution in [1.82, 2.24) is 5.32 Å². The van der Waals surface area contributed by atoms with E-state index in [-0.39, 0.29) is 5.92 Å². The summed E-state index contributed by atoms with van der Waals surface area (Å²) in [5.74, 6) is -0.645. The van der Waals surface area contributed by atoms with Crippen LogP contribution in [0.25, 0.3) is 0 Å². The zero-order valence-electron chi connectivity index (χ0n) is 7.86. The molecular weight excluding hydrogens is 195 g/mol. The minimum Gasteiger partial charge on any atom is -0.347 e. The second-order valence-electron chi connectivity index (χ2n) is 3.67. The molecule has 0 saturated heterocycles. The van der Waals surface area contributed by atoms with Gasteiger partial charge in [-0.1, -0.05) is 19.3 Å². The van der Waals surface area contributed by atoms with Crippen LogP contribution >= 0.6 is 0 Å². The van der Waals surface area contributed by atoms with Crippen LogP contribution < -0.4 is 5.32 Å². The number of alkyl halides is 3. The Labute approximate surface area is 80.9 Å². The summed E-state index contributed by atoms with van der Waals surface area (Å²) in [6, 6.07) is 0. The number of hydrogen-bond acceptors (Lipinski definition) is 1. The van der Waals surface area contributed by atoms with Crippen molar-refractivity contribution in [1.29, 1.82) is 0 Å². The summed E-state index contributed by atoms with van der Waals surface area (Å²) in [4.78, 5) is 11.2. The third kappa shape index (κ3) is 3.98. The van der Waals surface area contributed by atoms with E-state index in [0.717, 1.165) is 32.1 Å². The number of rotatable bonds is 2. The van der Waals surface area contributed by atoms with Gasteiger partial charge in [-0.05, 0) is 12.8 Å². The van der Waals surface area contributed by atoms with Crippen molar-refractivity contribution in [3.8, 4) is 0 Å². The molecule has 1 aliphatic carbocycles. The topological polar surface area (TPSA) is 29.1 Å². The molecule has 0 atom stereocenters. The normalized spacial score (nSPS) is 19.4. The van der Waals surface area contributed by atoms with E-state index >= 15 is 0 Å². The highest BCUT2D eigenvalue weighted by molar-refractivity contribution is 5.78. The highest BCUT2D eigenvalue weighted by Gasteiger charge is 2.29. The molecule has 0 aromatic heterocycles. The number of amides is 1. The highest BCUT2D eigenvalue weighted by atomic mass is 19.4. The van der Waals surface area contributed by atoms with E-state index in [0.29, 0.717) is 0 Å². The van der Waals surface area contributed by atoms with E-state index < -0.39 is 18.6 Å². The van der Waals surface area contributed by atoms with Crippen molar-refractivity contribution in [3.63, 3.8) is 0 Å². The van der Waals surface area contributed by atoms with E-state index in [1.165, 1.54) is 0 Å². The largest absolute Gasteiger partial charge is 0.405 e. The fraction of sp³-hybridized carbons (Fsp3) is 0.889. The van der Waals surface area contributed by atoms with Crippen molar-refractivity contribution in [2.75, 3.05) is 6.54 Å². The predicted molar refractivity (Wildman–Crippen MR) is 45.6 cm³/mol. The molecule has 0 aromatic carbocycles. The average Bonchev–Trinajstić information content (AvgIpc) is 2.14. The first-order valence-electron chi connectivity index (χ1n) is 4.83. The summed E-state index contributed by atoms with van der Waals surface area (Å²) in [5, 5.41) is 1.93. The minimum atomic E-state index is -4.30. The standard InChI is InChI=1S/C9H14F3NO/c10-9(11,12)6-13-8(14)7-4-2-1-3-5-7/h7H,1-6H2,(H,13,14). The third-order valence-corrected chi connectivity index (χ3v) is 2.44. The van der Waals surface area contributed by atoms with Crippen LogP contribution in [0.2, 0.25) is 0 Å². The van der Waals surface area contributed by atoms with Crippen molar-refractivity contribution in [2.24, 2.45) is 5.92 Å². The van der Waals surface area contributed by atoms with E-state index in [1.54, 1.807) is 0 Å². The minimum absolute atomic E-state index is 0.203. The first-order chi connectivity index (χ1) is 6.49. The highest BCUT2D eigenvalue weighted by Crippen LogP contribution is 2.24. The summed E-state index contributed by atoms with van der Waals surface area (Å²) in [7, 11) is 0. The van der Waals surface area contributed by atoms with Crippen molar-refractivity contribution < 1.29 is 18.0 Å². The van der Waals surface area contributed by atoms with Gasteiger partial charge >= 0.3 is 6.18 Å². The Bertz CT molecular complexity index is 197. The Morgan fingerprint density at radius 1 is 1.21 bits per heavy atom. The van der Waals surface area contributed by atoms with E-state index in [2.05, 4.69) is 0 Å².